The van der Waals surface area contributed by atoms with Crippen LogP contribution >= 0.6 is 0 Å². The predicted octanol–water partition coefficient (Wildman–Crippen LogP) is -0.476. The zero-order valence-corrected chi connectivity index (χ0v) is 11.2. The summed E-state index contributed by atoms with van der Waals surface area (Å²) in [6, 6.07) is -0.168. The second-order valence-corrected chi connectivity index (χ2v) is 4.71. The van der Waals surface area contributed by atoms with Crippen LogP contribution in [-0.2, 0) is 4.79 Å². The van der Waals surface area contributed by atoms with Crippen molar-refractivity contribution in [3.8, 4) is 0 Å². The number of aromatic nitrogens is 3. The zero-order chi connectivity index (χ0) is 14.7. The number of rotatable bonds is 6. The standard InChI is InChI=1S/C12H17N5O3/c1-3-4-13-11(18)8(2)16-5-9(6-16)17-7-10(12(19)20)14-15-17/h3,7-9H,1,4-6H2,2H3,(H,13,18)(H,19,20). The summed E-state index contributed by atoms with van der Waals surface area (Å²) in [6.45, 7) is 7.11. The fourth-order valence-electron chi connectivity index (χ4n) is 2.01. The van der Waals surface area contributed by atoms with Gasteiger partial charge in [0.25, 0.3) is 0 Å². The van der Waals surface area contributed by atoms with Gasteiger partial charge >= 0.3 is 5.97 Å². The summed E-state index contributed by atoms with van der Waals surface area (Å²) in [6.07, 6.45) is 3.04. The van der Waals surface area contributed by atoms with Crippen LogP contribution in [0.4, 0.5) is 0 Å². The fourth-order valence-corrected chi connectivity index (χ4v) is 2.01. The van der Waals surface area contributed by atoms with Crippen molar-refractivity contribution in [2.24, 2.45) is 0 Å². The predicted molar refractivity (Wildman–Crippen MR) is 70.3 cm³/mol. The smallest absolute Gasteiger partial charge is 0.358 e. The van der Waals surface area contributed by atoms with Gasteiger partial charge < -0.3 is 10.4 Å². The second kappa shape index (κ2) is 5.83. The van der Waals surface area contributed by atoms with Crippen LogP contribution < -0.4 is 5.32 Å². The van der Waals surface area contributed by atoms with Crippen LogP contribution in [0.25, 0.3) is 0 Å². The fraction of sp³-hybridized carbons (Fsp3) is 0.500. The lowest BCUT2D eigenvalue weighted by atomic mass is 10.1. The number of hydrogen-bond acceptors (Lipinski definition) is 5. The van der Waals surface area contributed by atoms with Gasteiger partial charge in [0.05, 0.1) is 18.3 Å². The first-order valence-electron chi connectivity index (χ1n) is 6.30. The minimum absolute atomic E-state index is 0.0480. The Kier molecular flexibility index (Phi) is 4.14. The topological polar surface area (TPSA) is 100 Å². The van der Waals surface area contributed by atoms with E-state index >= 15 is 0 Å². The summed E-state index contributed by atoms with van der Waals surface area (Å²) < 4.78 is 1.54. The number of nitrogens with zero attached hydrogens (tertiary/aromatic N) is 4. The summed E-state index contributed by atoms with van der Waals surface area (Å²) >= 11 is 0. The molecule has 0 bridgehead atoms. The lowest BCUT2D eigenvalue weighted by Crippen LogP contribution is -2.56. The average Bonchev–Trinajstić information content (AvgIpc) is 2.83. The van der Waals surface area contributed by atoms with Crippen LogP contribution in [0, 0.1) is 0 Å². The number of amides is 1. The molecule has 1 fully saturated rings. The number of carboxylic acid groups (broad SMARTS) is 1. The SMILES string of the molecule is C=CCNC(=O)C(C)N1CC(n2cc(C(=O)O)nn2)C1. The molecule has 1 unspecified atom stereocenters. The molecule has 0 aromatic carbocycles. The highest BCUT2D eigenvalue weighted by Gasteiger charge is 2.35. The summed E-state index contributed by atoms with van der Waals surface area (Å²) in [4.78, 5) is 24.5. The van der Waals surface area contributed by atoms with Crippen molar-refractivity contribution in [1.29, 1.82) is 0 Å². The van der Waals surface area contributed by atoms with Gasteiger partial charge in [0.1, 0.15) is 0 Å². The van der Waals surface area contributed by atoms with Crippen molar-refractivity contribution in [2.75, 3.05) is 19.6 Å². The second-order valence-electron chi connectivity index (χ2n) is 4.71. The molecule has 1 saturated heterocycles. The lowest BCUT2D eigenvalue weighted by Gasteiger charge is -2.41. The van der Waals surface area contributed by atoms with Crippen molar-refractivity contribution in [2.45, 2.75) is 19.0 Å². The van der Waals surface area contributed by atoms with Crippen LogP contribution in [0.3, 0.4) is 0 Å². The van der Waals surface area contributed by atoms with Crippen LogP contribution in [0.1, 0.15) is 23.5 Å². The molecular formula is C12H17N5O3. The Morgan fingerprint density at radius 1 is 1.65 bits per heavy atom. The molecule has 0 saturated carbocycles. The minimum atomic E-state index is -1.09. The van der Waals surface area contributed by atoms with Crippen molar-refractivity contribution in [3.05, 3.63) is 24.5 Å². The number of likely N-dealkylation sites (tertiary alicyclic amines) is 1. The van der Waals surface area contributed by atoms with Crippen LogP contribution in [0.15, 0.2) is 18.9 Å². The van der Waals surface area contributed by atoms with E-state index < -0.39 is 5.97 Å². The molecule has 2 rings (SSSR count). The number of hydrogen-bond donors (Lipinski definition) is 2. The number of carbonyl (C=O) groups excluding carboxylic acids is 1. The maximum absolute atomic E-state index is 11.8. The molecule has 1 atom stereocenters. The third-order valence-electron chi connectivity index (χ3n) is 3.34. The summed E-state index contributed by atoms with van der Waals surface area (Å²) in [5.74, 6) is -1.14. The van der Waals surface area contributed by atoms with Crippen molar-refractivity contribution in [1.82, 2.24) is 25.2 Å². The van der Waals surface area contributed by atoms with Gasteiger partial charge in [-0.1, -0.05) is 11.3 Å². The Morgan fingerprint density at radius 3 is 2.90 bits per heavy atom. The molecular weight excluding hydrogens is 262 g/mol. The molecule has 1 amide bonds. The van der Waals surface area contributed by atoms with Gasteiger partial charge in [-0.25, -0.2) is 9.48 Å². The molecule has 1 aliphatic heterocycles. The highest BCUT2D eigenvalue weighted by Crippen LogP contribution is 2.22. The van der Waals surface area contributed by atoms with Gasteiger partial charge in [-0.15, -0.1) is 11.7 Å². The van der Waals surface area contributed by atoms with E-state index in [0.717, 1.165) is 0 Å². The van der Waals surface area contributed by atoms with Gasteiger partial charge in [-0.05, 0) is 6.92 Å². The Balaban J connectivity index is 1.85. The third-order valence-corrected chi connectivity index (χ3v) is 3.34. The molecule has 1 aromatic heterocycles. The molecule has 2 heterocycles. The molecule has 8 heteroatoms. The Labute approximate surface area is 116 Å². The van der Waals surface area contributed by atoms with Crippen molar-refractivity contribution in [3.63, 3.8) is 0 Å². The van der Waals surface area contributed by atoms with E-state index in [4.69, 9.17) is 5.11 Å². The van der Waals surface area contributed by atoms with Crippen molar-refractivity contribution < 1.29 is 14.7 Å². The van der Waals surface area contributed by atoms with E-state index in [2.05, 4.69) is 22.2 Å². The quantitative estimate of drug-likeness (QED) is 0.682. The first-order chi connectivity index (χ1) is 9.52. The van der Waals surface area contributed by atoms with Gasteiger partial charge in [0, 0.05) is 19.6 Å². The number of carboxylic acids is 1. The molecule has 8 nitrogen and oxygen atoms in total. The summed E-state index contributed by atoms with van der Waals surface area (Å²) in [7, 11) is 0. The normalized spacial score (nSPS) is 17.2. The Hall–Kier alpha value is -2.22. The minimum Gasteiger partial charge on any atom is -0.476 e. The van der Waals surface area contributed by atoms with Gasteiger partial charge in [0.2, 0.25) is 5.91 Å². The van der Waals surface area contributed by atoms with E-state index in [9.17, 15) is 9.59 Å². The van der Waals surface area contributed by atoms with E-state index in [1.165, 1.54) is 10.9 Å². The van der Waals surface area contributed by atoms with E-state index in [0.29, 0.717) is 19.6 Å². The first-order valence-corrected chi connectivity index (χ1v) is 6.30. The average molecular weight is 279 g/mol. The molecule has 1 aromatic rings. The molecule has 0 spiro atoms. The highest BCUT2D eigenvalue weighted by molar-refractivity contribution is 5.84. The van der Waals surface area contributed by atoms with Gasteiger partial charge in [-0.3, -0.25) is 9.69 Å². The lowest BCUT2D eigenvalue weighted by molar-refractivity contribution is -0.128. The van der Waals surface area contributed by atoms with E-state index in [1.54, 1.807) is 6.08 Å². The van der Waals surface area contributed by atoms with Crippen LogP contribution in [0.5, 0.6) is 0 Å². The summed E-state index contributed by atoms with van der Waals surface area (Å²) in [5, 5.41) is 18.9. The van der Waals surface area contributed by atoms with Crippen molar-refractivity contribution >= 4 is 11.9 Å². The molecule has 2 N–H and O–H groups in total. The zero-order valence-electron chi connectivity index (χ0n) is 11.2. The summed E-state index contributed by atoms with van der Waals surface area (Å²) in [5.41, 5.74) is -0.0692. The maximum Gasteiger partial charge on any atom is 0.358 e. The Bertz CT molecular complexity index is 521. The number of aromatic carboxylic acids is 1. The monoisotopic (exact) mass is 279 g/mol. The molecule has 108 valence electrons. The van der Waals surface area contributed by atoms with Gasteiger partial charge in [-0.2, -0.15) is 0 Å². The Morgan fingerprint density at radius 2 is 2.35 bits per heavy atom. The van der Waals surface area contributed by atoms with Crippen LogP contribution in [0.2, 0.25) is 0 Å². The first kappa shape index (κ1) is 14.2. The highest BCUT2D eigenvalue weighted by atomic mass is 16.4. The molecule has 0 radical (unpaired) electrons. The molecule has 20 heavy (non-hydrogen) atoms. The maximum atomic E-state index is 11.8. The largest absolute Gasteiger partial charge is 0.476 e. The third kappa shape index (κ3) is 2.85. The molecule has 0 aliphatic carbocycles. The van der Waals surface area contributed by atoms with E-state index in [-0.39, 0.29) is 23.7 Å². The van der Waals surface area contributed by atoms with Crippen LogP contribution in [-0.4, -0.2) is 62.6 Å². The molecule has 1 aliphatic rings. The van der Waals surface area contributed by atoms with Gasteiger partial charge in [0.15, 0.2) is 5.69 Å². The number of carbonyl (C=O) groups is 2. The number of nitrogens with one attached hydrogen (secondary N) is 1. The van der Waals surface area contributed by atoms with E-state index in [1.807, 2.05) is 11.8 Å².